The number of aromatic nitrogens is 2. The third kappa shape index (κ3) is 2.96. The lowest BCUT2D eigenvalue weighted by Gasteiger charge is -2.14. The van der Waals surface area contributed by atoms with Crippen LogP contribution in [0, 0.1) is 12.7 Å². The molecule has 2 N–H and O–H groups in total. The average molecular weight is 299 g/mol. The molecule has 2 aromatic rings. The Hall–Kier alpha value is -2.18. The van der Waals surface area contributed by atoms with E-state index >= 15 is 0 Å². The third-order valence-electron chi connectivity index (χ3n) is 3.13. The molecular weight excluding hydrogens is 286 g/mol. The first-order chi connectivity index (χ1) is 9.74. The zero-order chi connectivity index (χ0) is 15.8. The zero-order valence-electron chi connectivity index (χ0n) is 11.4. The number of nitrogen functional groups attached to an aromatic ring is 1. The number of halogens is 4. The van der Waals surface area contributed by atoms with Gasteiger partial charge in [0.1, 0.15) is 11.6 Å². The first-order valence-electron chi connectivity index (χ1n) is 6.24. The van der Waals surface area contributed by atoms with Gasteiger partial charge in [-0.05, 0) is 31.5 Å². The summed E-state index contributed by atoms with van der Waals surface area (Å²) in [5.74, 6) is -0.913. The predicted octanol–water partition coefficient (Wildman–Crippen LogP) is 3.75. The van der Waals surface area contributed by atoms with Crippen LogP contribution < -0.4 is 5.73 Å². The van der Waals surface area contributed by atoms with Gasteiger partial charge in [0.05, 0.1) is 5.56 Å². The minimum absolute atomic E-state index is 0.109. The van der Waals surface area contributed by atoms with Crippen molar-refractivity contribution in [3.05, 3.63) is 40.8 Å². The fraction of sp³-hybridized carbons (Fsp3) is 0.286. The van der Waals surface area contributed by atoms with Crippen molar-refractivity contribution in [3.63, 3.8) is 0 Å². The molecule has 0 atom stereocenters. The number of hydrogen-bond acceptors (Lipinski definition) is 3. The van der Waals surface area contributed by atoms with E-state index < -0.39 is 23.1 Å². The largest absolute Gasteiger partial charge is 0.417 e. The molecule has 0 fully saturated rings. The van der Waals surface area contributed by atoms with Crippen LogP contribution in [-0.2, 0) is 12.6 Å². The van der Waals surface area contributed by atoms with Crippen LogP contribution >= 0.6 is 0 Å². The predicted molar refractivity (Wildman–Crippen MR) is 71.0 cm³/mol. The lowest BCUT2D eigenvalue weighted by atomic mass is 10.1. The highest BCUT2D eigenvalue weighted by atomic mass is 19.4. The van der Waals surface area contributed by atoms with Gasteiger partial charge in [-0.3, -0.25) is 0 Å². The van der Waals surface area contributed by atoms with Crippen LogP contribution in [-0.4, -0.2) is 9.97 Å². The fourth-order valence-electron chi connectivity index (χ4n) is 2.12. The molecule has 0 saturated heterocycles. The molecule has 0 aliphatic carbocycles. The van der Waals surface area contributed by atoms with E-state index in [9.17, 15) is 17.6 Å². The second-order valence-corrected chi connectivity index (χ2v) is 4.54. The standard InChI is InChI=1S/C14H13F4N3/c1-3-9-7(2)20-13(21-12(9)19)10-6-8(15)4-5-11(10)14(16,17)18/h4-6H,3H2,1-2H3,(H2,19,20,21). The molecule has 0 radical (unpaired) electrons. The van der Waals surface area contributed by atoms with Crippen molar-refractivity contribution in [2.45, 2.75) is 26.4 Å². The maximum absolute atomic E-state index is 13.3. The Bertz CT molecular complexity index is 657. The number of alkyl halides is 3. The summed E-state index contributed by atoms with van der Waals surface area (Å²) >= 11 is 0. The van der Waals surface area contributed by atoms with Gasteiger partial charge in [-0.2, -0.15) is 13.2 Å². The molecule has 2 rings (SSSR count). The van der Waals surface area contributed by atoms with Gasteiger partial charge >= 0.3 is 6.18 Å². The lowest BCUT2D eigenvalue weighted by Crippen LogP contribution is -2.10. The Morgan fingerprint density at radius 1 is 1.19 bits per heavy atom. The monoisotopic (exact) mass is 299 g/mol. The average Bonchev–Trinajstić information content (AvgIpc) is 2.36. The van der Waals surface area contributed by atoms with Crippen LogP contribution in [0.2, 0.25) is 0 Å². The van der Waals surface area contributed by atoms with Crippen molar-refractivity contribution < 1.29 is 17.6 Å². The Labute approximate surface area is 118 Å². The Kier molecular flexibility index (Phi) is 3.85. The maximum Gasteiger partial charge on any atom is 0.417 e. The van der Waals surface area contributed by atoms with E-state index in [-0.39, 0.29) is 11.6 Å². The highest BCUT2D eigenvalue weighted by Crippen LogP contribution is 2.36. The Morgan fingerprint density at radius 2 is 1.86 bits per heavy atom. The van der Waals surface area contributed by atoms with E-state index in [4.69, 9.17) is 5.73 Å². The van der Waals surface area contributed by atoms with Crippen molar-refractivity contribution >= 4 is 5.82 Å². The van der Waals surface area contributed by atoms with Gasteiger partial charge < -0.3 is 5.73 Å². The Balaban J connectivity index is 2.70. The minimum atomic E-state index is -4.63. The molecule has 1 aromatic carbocycles. The van der Waals surface area contributed by atoms with E-state index in [1.807, 2.05) is 6.92 Å². The van der Waals surface area contributed by atoms with E-state index in [2.05, 4.69) is 9.97 Å². The molecule has 0 aliphatic heterocycles. The van der Waals surface area contributed by atoms with Crippen molar-refractivity contribution in [1.29, 1.82) is 0 Å². The number of hydrogen-bond donors (Lipinski definition) is 1. The van der Waals surface area contributed by atoms with Gasteiger partial charge in [0.2, 0.25) is 0 Å². The maximum atomic E-state index is 13.3. The molecule has 1 heterocycles. The van der Waals surface area contributed by atoms with Gasteiger partial charge in [0.15, 0.2) is 5.82 Å². The highest BCUT2D eigenvalue weighted by molar-refractivity contribution is 5.63. The summed E-state index contributed by atoms with van der Waals surface area (Å²) in [5.41, 5.74) is 5.48. The summed E-state index contributed by atoms with van der Waals surface area (Å²) in [6.45, 7) is 3.47. The summed E-state index contributed by atoms with van der Waals surface area (Å²) in [4.78, 5) is 7.92. The summed E-state index contributed by atoms with van der Waals surface area (Å²) < 4.78 is 52.3. The summed E-state index contributed by atoms with van der Waals surface area (Å²) in [6, 6.07) is 2.19. The fourth-order valence-corrected chi connectivity index (χ4v) is 2.12. The molecule has 0 aliphatic rings. The minimum Gasteiger partial charge on any atom is -0.383 e. The van der Waals surface area contributed by atoms with Gasteiger partial charge in [-0.15, -0.1) is 0 Å². The summed E-state index contributed by atoms with van der Waals surface area (Å²) in [6.07, 6.45) is -4.06. The molecule has 1 aromatic heterocycles. The highest BCUT2D eigenvalue weighted by Gasteiger charge is 2.34. The van der Waals surface area contributed by atoms with Gasteiger partial charge in [0, 0.05) is 16.8 Å². The molecule has 0 spiro atoms. The molecule has 0 bridgehead atoms. The van der Waals surface area contributed by atoms with Crippen LogP contribution in [0.15, 0.2) is 18.2 Å². The summed E-state index contributed by atoms with van der Waals surface area (Å²) in [5, 5.41) is 0. The van der Waals surface area contributed by atoms with Crippen molar-refractivity contribution in [2.75, 3.05) is 5.73 Å². The number of anilines is 1. The second-order valence-electron chi connectivity index (χ2n) is 4.54. The number of aryl methyl sites for hydroxylation is 1. The molecule has 3 nitrogen and oxygen atoms in total. The lowest BCUT2D eigenvalue weighted by molar-refractivity contribution is -0.137. The molecule has 112 valence electrons. The van der Waals surface area contributed by atoms with Crippen LogP contribution in [0.5, 0.6) is 0 Å². The normalized spacial score (nSPS) is 11.7. The molecule has 21 heavy (non-hydrogen) atoms. The van der Waals surface area contributed by atoms with E-state index in [1.165, 1.54) is 0 Å². The molecule has 7 heteroatoms. The second kappa shape index (κ2) is 5.31. The number of benzene rings is 1. The molecular formula is C14H13F4N3. The van der Waals surface area contributed by atoms with Crippen LogP contribution in [0.3, 0.4) is 0 Å². The molecule has 0 unspecified atom stereocenters. The molecule has 0 saturated carbocycles. The SMILES string of the molecule is CCc1c(C)nc(-c2cc(F)ccc2C(F)(F)F)nc1N. The number of nitrogens with two attached hydrogens (primary N) is 1. The smallest absolute Gasteiger partial charge is 0.383 e. The van der Waals surface area contributed by atoms with E-state index in [0.717, 1.165) is 12.1 Å². The summed E-state index contributed by atoms with van der Waals surface area (Å²) in [7, 11) is 0. The van der Waals surface area contributed by atoms with Crippen LogP contribution in [0.4, 0.5) is 23.4 Å². The van der Waals surface area contributed by atoms with Crippen molar-refractivity contribution in [1.82, 2.24) is 9.97 Å². The topological polar surface area (TPSA) is 51.8 Å². The van der Waals surface area contributed by atoms with E-state index in [0.29, 0.717) is 23.7 Å². The van der Waals surface area contributed by atoms with Gasteiger partial charge in [-0.1, -0.05) is 6.92 Å². The third-order valence-corrected chi connectivity index (χ3v) is 3.13. The number of rotatable bonds is 2. The van der Waals surface area contributed by atoms with Crippen LogP contribution in [0.1, 0.15) is 23.7 Å². The molecule has 0 amide bonds. The number of nitrogens with zero attached hydrogens (tertiary/aromatic N) is 2. The van der Waals surface area contributed by atoms with Gasteiger partial charge in [-0.25, -0.2) is 14.4 Å². The zero-order valence-corrected chi connectivity index (χ0v) is 11.4. The first-order valence-corrected chi connectivity index (χ1v) is 6.24. The van der Waals surface area contributed by atoms with E-state index in [1.54, 1.807) is 6.92 Å². The Morgan fingerprint density at radius 3 is 2.38 bits per heavy atom. The van der Waals surface area contributed by atoms with Crippen LogP contribution in [0.25, 0.3) is 11.4 Å². The van der Waals surface area contributed by atoms with Crippen molar-refractivity contribution in [3.8, 4) is 11.4 Å². The first kappa shape index (κ1) is 15.2. The quantitative estimate of drug-likeness (QED) is 0.859. The van der Waals surface area contributed by atoms with Gasteiger partial charge in [0.25, 0.3) is 0 Å². The van der Waals surface area contributed by atoms with Crippen molar-refractivity contribution in [2.24, 2.45) is 0 Å².